The first-order valence-electron chi connectivity index (χ1n) is 6.66. The Morgan fingerprint density at radius 2 is 2.00 bits per heavy atom. The summed E-state index contributed by atoms with van der Waals surface area (Å²) < 4.78 is 5.12. The first kappa shape index (κ1) is 16.2. The van der Waals surface area contributed by atoms with Crippen LogP contribution in [0.1, 0.15) is 47.0 Å². The summed E-state index contributed by atoms with van der Waals surface area (Å²) in [5.74, 6) is 0.246. The minimum absolute atomic E-state index is 0.195. The highest BCUT2D eigenvalue weighted by Gasteiger charge is 2.26. The molecule has 0 bridgehead atoms. The van der Waals surface area contributed by atoms with E-state index in [-0.39, 0.29) is 23.2 Å². The number of aliphatic hydroxyl groups excluding tert-OH is 1. The fraction of sp³-hybridized carbons (Fsp3) is 0.846. The largest absolute Gasteiger partial charge is 0.444 e. The molecule has 1 aliphatic rings. The van der Waals surface area contributed by atoms with E-state index in [1.165, 1.54) is 0 Å². The summed E-state index contributed by atoms with van der Waals surface area (Å²) in [6, 6.07) is 0.195. The van der Waals surface area contributed by atoms with E-state index in [0.717, 1.165) is 19.3 Å². The van der Waals surface area contributed by atoms with Crippen molar-refractivity contribution in [1.82, 2.24) is 10.6 Å². The highest BCUT2D eigenvalue weighted by Crippen LogP contribution is 2.24. The van der Waals surface area contributed by atoms with Crippen molar-refractivity contribution in [3.8, 4) is 0 Å². The fourth-order valence-corrected chi connectivity index (χ4v) is 2.38. The normalized spacial score (nSPS) is 27.5. The van der Waals surface area contributed by atoms with E-state index < -0.39 is 11.7 Å². The highest BCUT2D eigenvalue weighted by molar-refractivity contribution is 7.80. The molecule has 0 aromatic carbocycles. The van der Waals surface area contributed by atoms with Crippen molar-refractivity contribution in [2.75, 3.05) is 0 Å². The van der Waals surface area contributed by atoms with E-state index in [1.54, 1.807) is 20.8 Å². The molecule has 110 valence electrons. The Bertz CT molecular complexity index is 341. The second kappa shape index (κ2) is 6.52. The van der Waals surface area contributed by atoms with Crippen LogP contribution in [-0.2, 0) is 4.74 Å². The van der Waals surface area contributed by atoms with Crippen LogP contribution in [-0.4, -0.2) is 34.1 Å². The number of rotatable bonds is 1. The van der Waals surface area contributed by atoms with Gasteiger partial charge in [-0.25, -0.2) is 4.79 Å². The molecule has 1 rings (SSSR count). The van der Waals surface area contributed by atoms with Gasteiger partial charge in [-0.05, 0) is 58.2 Å². The molecule has 0 unspecified atom stereocenters. The van der Waals surface area contributed by atoms with Crippen molar-refractivity contribution >= 4 is 23.4 Å². The van der Waals surface area contributed by atoms with Gasteiger partial charge >= 0.3 is 6.09 Å². The summed E-state index contributed by atoms with van der Waals surface area (Å²) in [5.41, 5.74) is -0.539. The molecule has 1 amide bonds. The van der Waals surface area contributed by atoms with Crippen LogP contribution >= 0.6 is 12.2 Å². The van der Waals surface area contributed by atoms with E-state index >= 15 is 0 Å². The van der Waals surface area contributed by atoms with Gasteiger partial charge in [0.05, 0.1) is 6.10 Å². The molecule has 0 aromatic heterocycles. The number of aliphatic hydroxyl groups is 1. The van der Waals surface area contributed by atoms with Gasteiger partial charge in [0.25, 0.3) is 0 Å². The molecule has 0 heterocycles. The molecule has 0 radical (unpaired) electrons. The number of alkyl carbamates (subject to hydrolysis) is 1. The van der Waals surface area contributed by atoms with E-state index in [2.05, 4.69) is 10.6 Å². The van der Waals surface area contributed by atoms with Crippen LogP contribution in [0.3, 0.4) is 0 Å². The number of ether oxygens (including phenoxy) is 1. The van der Waals surface area contributed by atoms with Crippen molar-refractivity contribution in [3.05, 3.63) is 0 Å². The van der Waals surface area contributed by atoms with Gasteiger partial charge < -0.3 is 15.2 Å². The van der Waals surface area contributed by atoms with Gasteiger partial charge in [-0.15, -0.1) is 0 Å². The van der Waals surface area contributed by atoms with E-state index in [4.69, 9.17) is 17.0 Å². The minimum atomic E-state index is -0.547. The van der Waals surface area contributed by atoms with Crippen molar-refractivity contribution in [1.29, 1.82) is 0 Å². The number of carbonyl (C=O) groups is 1. The summed E-state index contributed by atoms with van der Waals surface area (Å²) in [5, 5.41) is 15.5. The lowest BCUT2D eigenvalue weighted by Gasteiger charge is -2.32. The summed E-state index contributed by atoms with van der Waals surface area (Å²) in [6.07, 6.45) is 1.67. The number of nitrogens with one attached hydrogen (secondary N) is 2. The lowest BCUT2D eigenvalue weighted by Crippen LogP contribution is -2.48. The van der Waals surface area contributed by atoms with Crippen LogP contribution in [0.5, 0.6) is 0 Å². The Labute approximate surface area is 120 Å². The molecule has 5 nitrogen and oxygen atoms in total. The third-order valence-electron chi connectivity index (χ3n) is 3.07. The Balaban J connectivity index is 2.33. The molecule has 1 saturated carbocycles. The van der Waals surface area contributed by atoms with Crippen molar-refractivity contribution in [3.63, 3.8) is 0 Å². The zero-order valence-electron chi connectivity index (χ0n) is 12.0. The highest BCUT2D eigenvalue weighted by atomic mass is 32.1. The van der Waals surface area contributed by atoms with E-state index in [1.807, 2.05) is 6.92 Å². The summed E-state index contributed by atoms with van der Waals surface area (Å²) in [4.78, 5) is 11.5. The molecule has 0 saturated heterocycles. The van der Waals surface area contributed by atoms with Gasteiger partial charge in [-0.2, -0.15) is 0 Å². The smallest absolute Gasteiger partial charge is 0.413 e. The monoisotopic (exact) mass is 288 g/mol. The first-order valence-corrected chi connectivity index (χ1v) is 7.07. The van der Waals surface area contributed by atoms with Gasteiger partial charge in [-0.3, -0.25) is 5.32 Å². The van der Waals surface area contributed by atoms with Crippen LogP contribution in [0.25, 0.3) is 0 Å². The molecular formula is C13H24N2O3S. The van der Waals surface area contributed by atoms with E-state index in [0.29, 0.717) is 0 Å². The van der Waals surface area contributed by atoms with Crippen molar-refractivity contribution < 1.29 is 14.6 Å². The van der Waals surface area contributed by atoms with Crippen molar-refractivity contribution in [2.24, 2.45) is 5.92 Å². The van der Waals surface area contributed by atoms with Crippen LogP contribution < -0.4 is 10.6 Å². The number of hydrogen-bond acceptors (Lipinski definition) is 4. The van der Waals surface area contributed by atoms with Gasteiger partial charge in [0.15, 0.2) is 5.11 Å². The fourth-order valence-electron chi connectivity index (χ4n) is 2.13. The van der Waals surface area contributed by atoms with Gasteiger partial charge in [0.2, 0.25) is 0 Å². The van der Waals surface area contributed by atoms with Crippen LogP contribution in [0, 0.1) is 5.92 Å². The Morgan fingerprint density at radius 3 is 2.53 bits per heavy atom. The zero-order valence-corrected chi connectivity index (χ0v) is 12.8. The molecule has 0 aliphatic heterocycles. The van der Waals surface area contributed by atoms with E-state index in [9.17, 15) is 9.90 Å². The predicted molar refractivity (Wildman–Crippen MR) is 77.9 cm³/mol. The summed E-state index contributed by atoms with van der Waals surface area (Å²) >= 11 is 5.08. The first-order chi connectivity index (χ1) is 8.67. The number of carbonyl (C=O) groups excluding carboxylic acids is 1. The minimum Gasteiger partial charge on any atom is -0.444 e. The Hall–Kier alpha value is -0.880. The Kier molecular flexibility index (Phi) is 5.55. The summed E-state index contributed by atoms with van der Waals surface area (Å²) in [7, 11) is 0. The predicted octanol–water partition coefficient (Wildman–Crippen LogP) is 1.94. The number of amides is 1. The second-order valence-electron chi connectivity index (χ2n) is 6.15. The quantitative estimate of drug-likeness (QED) is 0.643. The lowest BCUT2D eigenvalue weighted by atomic mass is 9.85. The van der Waals surface area contributed by atoms with Crippen LogP contribution in [0.15, 0.2) is 0 Å². The maximum Gasteiger partial charge on any atom is 0.413 e. The third kappa shape index (κ3) is 6.20. The molecule has 3 atom stereocenters. The standard InChI is InChI=1S/C13H24N2O3S/c1-8-7-9(5-6-10(8)16)14-11(19)15-12(17)18-13(2,3)4/h8-10,16H,5-7H2,1-4H3,(H2,14,15,17,19)/t8-,9-,10+/m1/s1. The molecule has 1 aliphatic carbocycles. The average molecular weight is 288 g/mol. The molecular weight excluding hydrogens is 264 g/mol. The lowest BCUT2D eigenvalue weighted by molar-refractivity contribution is 0.0556. The third-order valence-corrected chi connectivity index (χ3v) is 3.29. The van der Waals surface area contributed by atoms with Gasteiger partial charge in [0, 0.05) is 6.04 Å². The number of hydrogen-bond donors (Lipinski definition) is 3. The zero-order chi connectivity index (χ0) is 14.6. The average Bonchev–Trinajstić information content (AvgIpc) is 2.20. The van der Waals surface area contributed by atoms with Crippen LogP contribution in [0.2, 0.25) is 0 Å². The number of thiocarbonyl (C=S) groups is 1. The molecule has 3 N–H and O–H groups in total. The molecule has 0 spiro atoms. The van der Waals surface area contributed by atoms with Gasteiger partial charge in [0.1, 0.15) is 5.60 Å². The van der Waals surface area contributed by atoms with Crippen molar-refractivity contribution in [2.45, 2.75) is 64.7 Å². The maximum atomic E-state index is 11.5. The molecule has 1 fully saturated rings. The summed E-state index contributed by atoms with van der Waals surface area (Å²) in [6.45, 7) is 7.41. The van der Waals surface area contributed by atoms with Crippen LogP contribution in [0.4, 0.5) is 4.79 Å². The SMILES string of the molecule is C[C@@H]1C[C@H](NC(=S)NC(=O)OC(C)(C)C)CC[C@@H]1O. The second-order valence-corrected chi connectivity index (χ2v) is 6.56. The maximum absolute atomic E-state index is 11.5. The molecule has 19 heavy (non-hydrogen) atoms. The molecule has 0 aromatic rings. The Morgan fingerprint density at radius 1 is 1.37 bits per heavy atom. The molecule has 6 heteroatoms. The topological polar surface area (TPSA) is 70.6 Å². The van der Waals surface area contributed by atoms with Gasteiger partial charge in [-0.1, -0.05) is 6.92 Å².